The first-order valence-corrected chi connectivity index (χ1v) is 12.9. The summed E-state index contributed by atoms with van der Waals surface area (Å²) in [5.41, 5.74) is 3.95. The lowest BCUT2D eigenvalue weighted by Crippen LogP contribution is -2.74. The van der Waals surface area contributed by atoms with Crippen molar-refractivity contribution in [3.63, 3.8) is 0 Å². The third kappa shape index (κ3) is 3.82. The number of nitrogens with zero attached hydrogens (tertiary/aromatic N) is 2. The summed E-state index contributed by atoms with van der Waals surface area (Å²) in [6.07, 6.45) is 0.216. The van der Waals surface area contributed by atoms with Crippen molar-refractivity contribution in [3.05, 3.63) is 28.8 Å². The van der Waals surface area contributed by atoms with E-state index in [4.69, 9.17) is 5.73 Å². The summed E-state index contributed by atoms with van der Waals surface area (Å²) >= 11 is 0. The number of amides is 1. The second-order valence-electron chi connectivity index (χ2n) is 11.3. The average Bonchev–Trinajstić information content (AvgIpc) is 2.84. The maximum atomic E-state index is 13.8. The molecule has 1 heterocycles. The zero-order valence-corrected chi connectivity index (χ0v) is 21.4. The number of rotatable bonds is 4. The van der Waals surface area contributed by atoms with Crippen molar-refractivity contribution in [3.8, 4) is 5.75 Å². The van der Waals surface area contributed by atoms with Crippen molar-refractivity contribution in [1.29, 1.82) is 0 Å². The Kier molecular flexibility index (Phi) is 6.52. The van der Waals surface area contributed by atoms with Crippen molar-refractivity contribution in [2.24, 2.45) is 29.4 Å². The maximum absolute atomic E-state index is 13.8. The van der Waals surface area contributed by atoms with Gasteiger partial charge in [-0.1, -0.05) is 6.07 Å². The maximum Gasteiger partial charge on any atom is 0.235 e. The molecule has 2 saturated carbocycles. The van der Waals surface area contributed by atoms with Gasteiger partial charge in [0.15, 0.2) is 34.7 Å². The van der Waals surface area contributed by atoms with Gasteiger partial charge in [0.1, 0.15) is 11.9 Å². The minimum Gasteiger partial charge on any atom is -0.507 e. The van der Waals surface area contributed by atoms with E-state index in [1.54, 1.807) is 20.2 Å². The molecule has 204 valence electrons. The number of Topliss-reactive ketones (excluding diaryl/α,β-unsaturated/α-hetero) is 4. The second kappa shape index (κ2) is 9.32. The number of nitrogens with two attached hydrogens (primary N) is 1. The first-order chi connectivity index (χ1) is 17.9. The number of benzene rings is 1. The molecule has 1 aromatic carbocycles. The van der Waals surface area contributed by atoms with Gasteiger partial charge in [-0.3, -0.25) is 33.8 Å². The van der Waals surface area contributed by atoms with E-state index >= 15 is 0 Å². The van der Waals surface area contributed by atoms with Crippen LogP contribution < -0.4 is 5.73 Å². The average molecular weight is 530 g/mol. The highest BCUT2D eigenvalue weighted by Gasteiger charge is 2.69. The Morgan fingerprint density at radius 2 is 1.82 bits per heavy atom. The molecule has 6 atom stereocenters. The monoisotopic (exact) mass is 529 g/mol. The number of aliphatic hydroxyl groups is 1. The van der Waals surface area contributed by atoms with Crippen LogP contribution in [0.3, 0.4) is 0 Å². The van der Waals surface area contributed by atoms with E-state index in [2.05, 4.69) is 4.90 Å². The van der Waals surface area contributed by atoms with Gasteiger partial charge in [-0.25, -0.2) is 4.39 Å². The van der Waals surface area contributed by atoms with Gasteiger partial charge in [0.25, 0.3) is 0 Å². The normalized spacial score (nSPS) is 34.2. The summed E-state index contributed by atoms with van der Waals surface area (Å²) in [4.78, 5) is 69.6. The molecule has 1 saturated heterocycles. The molecular weight excluding hydrogens is 497 g/mol. The molecule has 0 aromatic heterocycles. The fraction of sp³-hybridized carbons (Fsp3) is 0.593. The summed E-state index contributed by atoms with van der Waals surface area (Å²) in [6, 6.07) is 1.97. The largest absolute Gasteiger partial charge is 0.507 e. The number of likely N-dealkylation sites (tertiary alicyclic amines) is 1. The van der Waals surface area contributed by atoms with Gasteiger partial charge < -0.3 is 15.9 Å². The summed E-state index contributed by atoms with van der Waals surface area (Å²) in [6.45, 7) is 1.55. The fourth-order valence-electron chi connectivity index (χ4n) is 7.12. The third-order valence-electron chi connectivity index (χ3n) is 8.95. The van der Waals surface area contributed by atoms with Crippen LogP contribution in [0.15, 0.2) is 12.1 Å². The summed E-state index contributed by atoms with van der Waals surface area (Å²) < 4.78 is 13.6. The molecule has 4 N–H and O–H groups in total. The lowest BCUT2D eigenvalue weighted by atomic mass is 9.52. The molecule has 0 bridgehead atoms. The van der Waals surface area contributed by atoms with Crippen LogP contribution in [-0.4, -0.2) is 94.1 Å². The quantitative estimate of drug-likeness (QED) is 0.449. The van der Waals surface area contributed by atoms with Crippen molar-refractivity contribution in [2.75, 3.05) is 27.2 Å². The number of phenols is 1. The van der Waals surface area contributed by atoms with E-state index in [1.165, 1.54) is 11.0 Å². The minimum atomic E-state index is -2.74. The number of hydrogen-bond donors (Lipinski definition) is 3. The summed E-state index contributed by atoms with van der Waals surface area (Å²) in [5, 5.41) is 22.3. The number of likely N-dealkylation sites (N-methyl/N-ethyl adjacent to an activating group) is 1. The van der Waals surface area contributed by atoms with Crippen LogP contribution in [0.1, 0.15) is 40.7 Å². The lowest BCUT2D eigenvalue weighted by molar-refractivity contribution is -0.181. The number of primary amides is 1. The molecule has 3 fully saturated rings. The number of piperidine rings is 1. The zero-order chi connectivity index (χ0) is 27.7. The molecule has 1 amide bonds. The van der Waals surface area contributed by atoms with E-state index in [0.29, 0.717) is 38.0 Å². The molecule has 11 heteroatoms. The van der Waals surface area contributed by atoms with Crippen LogP contribution in [0.4, 0.5) is 4.39 Å². The smallest absolute Gasteiger partial charge is 0.235 e. The molecule has 10 nitrogen and oxygen atoms in total. The molecular formula is C27H32FN3O7. The van der Waals surface area contributed by atoms with Crippen molar-refractivity contribution >= 4 is 29.0 Å². The van der Waals surface area contributed by atoms with Crippen LogP contribution in [0.2, 0.25) is 0 Å². The molecule has 1 aliphatic heterocycles. The van der Waals surface area contributed by atoms with Gasteiger partial charge in [0.2, 0.25) is 5.91 Å². The lowest BCUT2D eigenvalue weighted by Gasteiger charge is -2.52. The first-order valence-electron chi connectivity index (χ1n) is 12.9. The molecule has 5 rings (SSSR count). The molecule has 4 aliphatic rings. The van der Waals surface area contributed by atoms with Gasteiger partial charge >= 0.3 is 0 Å². The highest BCUT2D eigenvalue weighted by molar-refractivity contribution is 6.32. The number of alkyl halides is 1. The van der Waals surface area contributed by atoms with E-state index in [-0.39, 0.29) is 24.2 Å². The van der Waals surface area contributed by atoms with Gasteiger partial charge in [0.05, 0.1) is 17.5 Å². The van der Waals surface area contributed by atoms with Gasteiger partial charge in [-0.15, -0.1) is 0 Å². The number of carbonyl (C=O) groups is 5. The van der Waals surface area contributed by atoms with E-state index in [9.17, 15) is 38.6 Å². The minimum absolute atomic E-state index is 0.00619. The van der Waals surface area contributed by atoms with Crippen LogP contribution >= 0.6 is 0 Å². The topological polar surface area (TPSA) is 158 Å². The van der Waals surface area contributed by atoms with Crippen LogP contribution in [0.5, 0.6) is 5.75 Å². The third-order valence-corrected chi connectivity index (χ3v) is 8.95. The van der Waals surface area contributed by atoms with Crippen molar-refractivity contribution < 1.29 is 38.6 Å². The first kappa shape index (κ1) is 26.6. The predicted molar refractivity (Wildman–Crippen MR) is 131 cm³/mol. The summed E-state index contributed by atoms with van der Waals surface area (Å²) in [5.74, 6) is -10.6. The molecule has 3 aliphatic carbocycles. The molecule has 0 spiro atoms. The number of fused-ring (bicyclic) bond motifs is 3. The number of halogens is 1. The second-order valence-corrected chi connectivity index (χ2v) is 11.3. The van der Waals surface area contributed by atoms with Crippen LogP contribution in [0, 0.1) is 23.7 Å². The SMILES string of the molecule is CN(C)[C@@H]1C(=O)C(C(N)=O)C(=O)[C@@]2(O)C(=O)C3C(=O)c4c(O)ccc(CN5CCC(F)CC5)c4C[C@H]3C[C@@H]12. The number of carbonyl (C=O) groups excluding carboxylic acids is 5. The highest BCUT2D eigenvalue weighted by Crippen LogP contribution is 2.51. The van der Waals surface area contributed by atoms with E-state index in [0.717, 1.165) is 5.56 Å². The standard InChI is InChI=1S/C27H32FN3O7/c1-30(2)21-16-10-13-9-15-12(11-31-7-5-14(28)6-8-31)3-4-17(32)19(15)22(33)18(13)24(35)27(16,38)25(36)20(23(21)34)26(29)37/h3-4,13-14,16,18,20-21,32,38H,5-11H2,1-2H3,(H2,29,37)/t13-,16-,18?,20?,21-,27-/m0/s1. The van der Waals surface area contributed by atoms with Crippen LogP contribution in [-0.2, 0) is 32.1 Å². The van der Waals surface area contributed by atoms with Gasteiger partial charge in [0, 0.05) is 25.6 Å². The summed E-state index contributed by atoms with van der Waals surface area (Å²) in [7, 11) is 3.09. The van der Waals surface area contributed by atoms with Crippen molar-refractivity contribution in [1.82, 2.24) is 9.80 Å². The molecule has 1 aromatic rings. The number of ketones is 4. The number of hydrogen-bond acceptors (Lipinski definition) is 9. The van der Waals surface area contributed by atoms with Crippen LogP contribution in [0.25, 0.3) is 0 Å². The fourth-order valence-corrected chi connectivity index (χ4v) is 7.12. The molecule has 0 radical (unpaired) electrons. The van der Waals surface area contributed by atoms with E-state index < -0.39 is 70.5 Å². The number of aromatic hydroxyl groups is 1. The Morgan fingerprint density at radius 1 is 1.16 bits per heavy atom. The van der Waals surface area contributed by atoms with E-state index in [1.807, 2.05) is 0 Å². The zero-order valence-electron chi connectivity index (χ0n) is 21.4. The Labute approximate surface area is 218 Å². The van der Waals surface area contributed by atoms with Crippen molar-refractivity contribution in [2.45, 2.75) is 50.0 Å². The Balaban J connectivity index is 1.55. The molecule has 38 heavy (non-hydrogen) atoms. The Hall–Kier alpha value is -3.02. The highest BCUT2D eigenvalue weighted by atomic mass is 19.1. The predicted octanol–water partition coefficient (Wildman–Crippen LogP) is -0.199. The Bertz CT molecular complexity index is 1240. The van der Waals surface area contributed by atoms with Gasteiger partial charge in [-0.2, -0.15) is 0 Å². The Morgan fingerprint density at radius 3 is 2.42 bits per heavy atom. The van der Waals surface area contributed by atoms with Gasteiger partial charge in [-0.05, 0) is 62.9 Å². The number of phenolic OH excluding ortho intramolecular Hbond substituents is 1. The molecule has 2 unspecified atom stereocenters.